The van der Waals surface area contributed by atoms with E-state index in [4.69, 9.17) is 18.9 Å². The van der Waals surface area contributed by atoms with Crippen LogP contribution in [0.15, 0.2) is 34.9 Å². The normalized spacial score (nSPS) is 44.8. The quantitative estimate of drug-likeness (QED) is 0.131. The molecule has 5 spiro atoms. The molecule has 0 radical (unpaired) electrons. The van der Waals surface area contributed by atoms with Crippen LogP contribution >= 0.6 is 0 Å². The molecule has 2 aromatic rings. The standard InChI is InChI=1S/C53H66N2O13/c1-25-37(26(2)57)41(60)39-30(40(25)59)16-27(46(63)64)17-35(39)66-47-42(61)44(62)53-19-32-38-29(34(68-53)9-8-33(58)45(53)67-47)6-7-31(38)51(14-15-56)24-65-21-28-18-48-22-50(13-5-12-49(50)10-3-4-11-49)20-36(48)54-55-52(32,23-48)43(28)51/h7,16-17,28,32-34,36,42-45,47,54-56,58-62H,3-6,8-15,18-24H2,1-2H3,(H,63,64)/t28-,32+,33+,34+,36+,42+,43+,44+,45+,47+,48+,50+,51-,52+,53-/m0/s1. The van der Waals surface area contributed by atoms with Gasteiger partial charge in [-0.1, -0.05) is 25.3 Å². The molecule has 15 heteroatoms. The molecule has 5 heterocycles. The number of aromatic hydroxyl groups is 2. The van der Waals surface area contributed by atoms with Crippen molar-refractivity contribution in [1.29, 1.82) is 0 Å². The van der Waals surface area contributed by atoms with Gasteiger partial charge in [0.2, 0.25) is 6.29 Å². The second-order valence-electron chi connectivity index (χ2n) is 23.6. The number of rotatable bonds is 6. The van der Waals surface area contributed by atoms with Crippen molar-refractivity contribution in [2.75, 3.05) is 19.8 Å². The minimum Gasteiger partial charge on any atom is -0.507 e. The summed E-state index contributed by atoms with van der Waals surface area (Å²) in [6, 6.07) is 2.56. The molecule has 9 fully saturated rings. The third-order valence-electron chi connectivity index (χ3n) is 21.0. The number of hydrazine groups is 1. The Morgan fingerprint density at radius 2 is 1.74 bits per heavy atom. The van der Waals surface area contributed by atoms with Crippen LogP contribution in [0.3, 0.4) is 0 Å². The van der Waals surface area contributed by atoms with Crippen LogP contribution in [-0.4, -0.2) is 121 Å². The number of carbonyl (C=O) groups excluding carboxylic acids is 1. The SMILES string of the molecule is CC(=O)c1c(C)c(O)c2cc(C(=O)O)cc(O[C@@H]3O[C@@H]4[C@H](O)CC[C@H]5O[C@@]4(C[C@@H]4C6=C5CC=C6[C@]5(CCO)COC[C@@H]6C[C@@]78C[C@]4(NN[C@@H]7C[C@]4(CCCC47CCCC7)C8)[C@H]65)[C@H](O)[C@H]3O)c2c1O. The molecule has 5 aliphatic heterocycles. The zero-order valence-corrected chi connectivity index (χ0v) is 39.0. The molecule has 0 unspecified atom stereocenters. The lowest BCUT2D eigenvalue weighted by Gasteiger charge is -2.72. The Balaban J connectivity index is 0.931. The van der Waals surface area contributed by atoms with E-state index in [0.29, 0.717) is 37.9 Å². The van der Waals surface area contributed by atoms with Crippen molar-refractivity contribution in [2.45, 2.75) is 171 Å². The number of carboxylic acids is 1. The fourth-order valence-corrected chi connectivity index (χ4v) is 18.8. The Bertz CT molecular complexity index is 2600. The molecule has 366 valence electrons. The van der Waals surface area contributed by atoms with Crippen LogP contribution in [-0.2, 0) is 14.2 Å². The molecule has 4 saturated heterocycles. The Morgan fingerprint density at radius 1 is 0.956 bits per heavy atom. The monoisotopic (exact) mass is 938 g/mol. The van der Waals surface area contributed by atoms with Crippen molar-refractivity contribution in [3.8, 4) is 17.2 Å². The number of ether oxygens (including phenoxy) is 4. The second-order valence-corrected chi connectivity index (χ2v) is 23.6. The Morgan fingerprint density at radius 3 is 2.50 bits per heavy atom. The first kappa shape index (κ1) is 44.3. The molecule has 15 atom stereocenters. The summed E-state index contributed by atoms with van der Waals surface area (Å²) in [6.45, 7) is 3.81. The van der Waals surface area contributed by atoms with E-state index in [-0.39, 0.29) is 87.3 Å². The first-order valence-electron chi connectivity index (χ1n) is 25.5. The number of Topliss-reactive ketones (excluding diaryl/α,β-unsaturated/α-hetero) is 1. The highest BCUT2D eigenvalue weighted by Crippen LogP contribution is 2.78. The summed E-state index contributed by atoms with van der Waals surface area (Å²) >= 11 is 0. The van der Waals surface area contributed by atoms with E-state index in [1.165, 1.54) is 82.4 Å². The molecule has 68 heavy (non-hydrogen) atoms. The van der Waals surface area contributed by atoms with Gasteiger partial charge in [0.05, 0.1) is 35.3 Å². The second kappa shape index (κ2) is 14.7. The lowest BCUT2D eigenvalue weighted by Crippen LogP contribution is -2.81. The molecule has 11 aliphatic rings. The van der Waals surface area contributed by atoms with Gasteiger partial charge in [0.1, 0.15) is 41.2 Å². The number of ketones is 1. The van der Waals surface area contributed by atoms with Crippen LogP contribution < -0.4 is 15.6 Å². The van der Waals surface area contributed by atoms with Gasteiger partial charge in [-0.3, -0.25) is 15.6 Å². The smallest absolute Gasteiger partial charge is 0.335 e. The number of aromatic carboxylic acids is 1. The van der Waals surface area contributed by atoms with Crippen molar-refractivity contribution in [3.05, 3.63) is 51.6 Å². The third-order valence-corrected chi connectivity index (χ3v) is 21.0. The van der Waals surface area contributed by atoms with E-state index in [0.717, 1.165) is 30.9 Å². The minimum absolute atomic E-state index is 0.0100. The highest BCUT2D eigenvalue weighted by molar-refractivity contribution is 6.11. The number of aliphatic hydroxyl groups is 4. The molecule has 5 saturated carbocycles. The number of hydrogen-bond acceptors (Lipinski definition) is 14. The Kier molecular flexibility index (Phi) is 9.59. The first-order chi connectivity index (χ1) is 32.6. The number of hydrogen-bond donors (Lipinski definition) is 9. The third kappa shape index (κ3) is 5.46. The summed E-state index contributed by atoms with van der Waals surface area (Å²) in [5, 5.41) is 81.5. The zero-order chi connectivity index (χ0) is 47.1. The van der Waals surface area contributed by atoms with Crippen LogP contribution in [0.25, 0.3) is 10.8 Å². The molecule has 0 aromatic heterocycles. The average molecular weight is 939 g/mol. The van der Waals surface area contributed by atoms with Crippen LogP contribution in [0, 0.1) is 46.3 Å². The molecule has 0 amide bonds. The summed E-state index contributed by atoms with van der Waals surface area (Å²) in [4.78, 5) is 25.3. The van der Waals surface area contributed by atoms with E-state index in [1.807, 2.05) is 0 Å². The largest absolute Gasteiger partial charge is 0.507 e. The van der Waals surface area contributed by atoms with E-state index in [2.05, 4.69) is 16.9 Å². The number of phenolic OH excluding ortho intramolecular Hbond substituents is 2. The van der Waals surface area contributed by atoms with Gasteiger partial charge in [0, 0.05) is 47.1 Å². The molecule has 15 nitrogen and oxygen atoms in total. The number of allylic oxidation sites excluding steroid dienone is 1. The molecule has 6 aliphatic carbocycles. The summed E-state index contributed by atoms with van der Waals surface area (Å²) in [5.41, 5.74) is 9.23. The maximum atomic E-state index is 13.0. The van der Waals surface area contributed by atoms with Gasteiger partial charge in [-0.05, 0) is 154 Å². The lowest BCUT2D eigenvalue weighted by atomic mass is 9.39. The van der Waals surface area contributed by atoms with Crippen molar-refractivity contribution in [3.63, 3.8) is 0 Å². The van der Waals surface area contributed by atoms with Crippen molar-refractivity contribution >= 4 is 22.5 Å². The average Bonchev–Trinajstić information content (AvgIpc) is 4.08. The predicted molar refractivity (Wildman–Crippen MR) is 244 cm³/mol. The highest BCUT2D eigenvalue weighted by atomic mass is 16.7. The van der Waals surface area contributed by atoms with Gasteiger partial charge in [-0.15, -0.1) is 0 Å². The molecule has 9 N–H and O–H groups in total. The number of carboxylic acid groups (broad SMARTS) is 1. The van der Waals surface area contributed by atoms with Crippen LogP contribution in [0.5, 0.6) is 17.2 Å². The van der Waals surface area contributed by atoms with Gasteiger partial charge in [-0.25, -0.2) is 4.79 Å². The van der Waals surface area contributed by atoms with Gasteiger partial charge in [0.25, 0.3) is 0 Å². The maximum Gasteiger partial charge on any atom is 0.335 e. The molecule has 13 rings (SSSR count). The summed E-state index contributed by atoms with van der Waals surface area (Å²) in [5.74, 6) is -3.21. The fourth-order valence-electron chi connectivity index (χ4n) is 18.8. The Hall–Kier alpha value is -3.64. The van der Waals surface area contributed by atoms with E-state index in [9.17, 15) is 45.3 Å². The predicted octanol–water partition coefficient (Wildman–Crippen LogP) is 5.38. The molecular weight excluding hydrogens is 873 g/mol. The van der Waals surface area contributed by atoms with Crippen LogP contribution in [0.4, 0.5) is 0 Å². The highest BCUT2D eigenvalue weighted by Gasteiger charge is 2.77. The molecule has 4 bridgehead atoms. The number of phenols is 2. The Labute approximate surface area is 395 Å². The molecule has 2 aromatic carbocycles. The van der Waals surface area contributed by atoms with Crippen molar-refractivity contribution in [2.24, 2.45) is 39.4 Å². The summed E-state index contributed by atoms with van der Waals surface area (Å²) < 4.78 is 27.2. The number of fused-ring (bicyclic) bond motifs is 5. The minimum atomic E-state index is -1.82. The molecular formula is C53H66N2O13. The first-order valence-corrected chi connectivity index (χ1v) is 25.5. The maximum absolute atomic E-state index is 13.0. The van der Waals surface area contributed by atoms with Crippen LogP contribution in [0.2, 0.25) is 0 Å². The van der Waals surface area contributed by atoms with E-state index >= 15 is 0 Å². The van der Waals surface area contributed by atoms with Gasteiger partial charge >= 0.3 is 5.97 Å². The zero-order valence-electron chi connectivity index (χ0n) is 39.0. The summed E-state index contributed by atoms with van der Waals surface area (Å²) in [6.07, 6.45) is 9.57. The van der Waals surface area contributed by atoms with E-state index in [1.54, 1.807) is 0 Å². The van der Waals surface area contributed by atoms with Gasteiger partial charge in [-0.2, -0.15) is 0 Å². The lowest BCUT2D eigenvalue weighted by molar-refractivity contribution is -0.337. The fraction of sp³-hybridized carbons (Fsp3) is 0.698. The number of benzene rings is 2. The van der Waals surface area contributed by atoms with Crippen molar-refractivity contribution in [1.82, 2.24) is 10.9 Å². The number of nitrogens with one attached hydrogen (secondary N) is 2. The van der Waals surface area contributed by atoms with E-state index < -0.39 is 76.6 Å². The van der Waals surface area contributed by atoms with Crippen molar-refractivity contribution < 1.29 is 64.3 Å². The van der Waals surface area contributed by atoms with Crippen LogP contribution in [0.1, 0.15) is 136 Å². The summed E-state index contributed by atoms with van der Waals surface area (Å²) in [7, 11) is 0. The number of carbonyl (C=O) groups is 2. The topological polar surface area (TPSA) is 237 Å². The van der Waals surface area contributed by atoms with Gasteiger partial charge < -0.3 is 54.7 Å². The number of aliphatic hydroxyl groups excluding tert-OH is 4. The van der Waals surface area contributed by atoms with Gasteiger partial charge in [0.15, 0.2) is 5.78 Å².